The maximum Gasteiger partial charge on any atom is 0.326 e. The maximum absolute atomic E-state index is 12.4. The molecule has 108 valence electrons. The number of amides is 1. The van der Waals surface area contributed by atoms with E-state index in [1.54, 1.807) is 24.3 Å². The molecule has 1 aromatic carbocycles. The lowest BCUT2D eigenvalue weighted by Crippen LogP contribution is -2.40. The fraction of sp³-hybridized carbons (Fsp3) is 0.267. The van der Waals surface area contributed by atoms with Crippen molar-refractivity contribution in [1.29, 1.82) is 0 Å². The van der Waals surface area contributed by atoms with Crippen LogP contribution in [0.2, 0.25) is 0 Å². The van der Waals surface area contributed by atoms with Crippen molar-refractivity contribution in [3.63, 3.8) is 0 Å². The molecule has 6 heteroatoms. The molecule has 2 heterocycles. The van der Waals surface area contributed by atoms with E-state index in [9.17, 15) is 14.4 Å². The van der Waals surface area contributed by atoms with Gasteiger partial charge in [-0.05, 0) is 25.0 Å². The Balaban J connectivity index is 2.02. The number of fused-ring (bicyclic) bond motifs is 1. The molecule has 0 saturated carbocycles. The average molecular weight is 287 g/mol. The van der Waals surface area contributed by atoms with Gasteiger partial charge in [0.1, 0.15) is 11.6 Å². The Morgan fingerprint density at radius 1 is 1.29 bits per heavy atom. The highest BCUT2D eigenvalue weighted by atomic mass is 16.4. The van der Waals surface area contributed by atoms with Crippen LogP contribution in [0.5, 0.6) is 0 Å². The predicted molar refractivity (Wildman–Crippen MR) is 74.2 cm³/mol. The van der Waals surface area contributed by atoms with Crippen molar-refractivity contribution in [3.05, 3.63) is 46.3 Å². The Labute approximate surface area is 119 Å². The molecule has 0 unspecified atom stereocenters. The molecule has 1 saturated heterocycles. The number of benzene rings is 1. The van der Waals surface area contributed by atoms with E-state index >= 15 is 0 Å². The molecule has 0 aliphatic carbocycles. The quantitative estimate of drug-likeness (QED) is 0.904. The molecule has 21 heavy (non-hydrogen) atoms. The second kappa shape index (κ2) is 5.05. The predicted octanol–water partition coefficient (Wildman–Crippen LogP) is 1.48. The minimum absolute atomic E-state index is 0.119. The molecule has 1 aromatic heterocycles. The third-order valence-corrected chi connectivity index (χ3v) is 3.64. The van der Waals surface area contributed by atoms with Crippen molar-refractivity contribution in [3.8, 4) is 0 Å². The highest BCUT2D eigenvalue weighted by Crippen LogP contribution is 2.21. The summed E-state index contributed by atoms with van der Waals surface area (Å²) >= 11 is 0. The number of nitrogens with zero attached hydrogens (tertiary/aromatic N) is 1. The van der Waals surface area contributed by atoms with Gasteiger partial charge >= 0.3 is 5.97 Å². The fourth-order valence-electron chi connectivity index (χ4n) is 2.62. The van der Waals surface area contributed by atoms with Gasteiger partial charge in [-0.1, -0.05) is 12.1 Å². The zero-order valence-electron chi connectivity index (χ0n) is 11.1. The number of hydrogen-bond donors (Lipinski definition) is 1. The van der Waals surface area contributed by atoms with Crippen LogP contribution in [0, 0.1) is 0 Å². The summed E-state index contributed by atoms with van der Waals surface area (Å²) < 4.78 is 5.46. The summed E-state index contributed by atoms with van der Waals surface area (Å²) in [6, 6.07) is 6.91. The van der Waals surface area contributed by atoms with Crippen molar-refractivity contribution in [2.75, 3.05) is 6.54 Å². The van der Waals surface area contributed by atoms with Gasteiger partial charge in [-0.3, -0.25) is 9.59 Å². The SMILES string of the molecule is O=C(O)[C@H]1CCCN1C(=O)c1cc(=O)c2ccccc2o1. The van der Waals surface area contributed by atoms with E-state index in [0.717, 1.165) is 6.07 Å². The van der Waals surface area contributed by atoms with Gasteiger partial charge in [0, 0.05) is 12.6 Å². The molecule has 6 nitrogen and oxygen atoms in total. The number of likely N-dealkylation sites (tertiary alicyclic amines) is 1. The van der Waals surface area contributed by atoms with Gasteiger partial charge in [0.05, 0.1) is 5.39 Å². The first-order valence-corrected chi connectivity index (χ1v) is 6.64. The first kappa shape index (κ1) is 13.4. The van der Waals surface area contributed by atoms with Gasteiger partial charge in [0.15, 0.2) is 11.2 Å². The summed E-state index contributed by atoms with van der Waals surface area (Å²) in [6.45, 7) is 0.354. The summed E-state index contributed by atoms with van der Waals surface area (Å²) in [5, 5.41) is 9.51. The third-order valence-electron chi connectivity index (χ3n) is 3.64. The van der Waals surface area contributed by atoms with Gasteiger partial charge in [0.2, 0.25) is 0 Å². The third kappa shape index (κ3) is 2.29. The lowest BCUT2D eigenvalue weighted by atomic mass is 10.2. The van der Waals surface area contributed by atoms with Crippen LogP contribution in [0.15, 0.2) is 39.5 Å². The Bertz CT molecular complexity index is 779. The number of carboxylic acids is 1. The molecule has 0 radical (unpaired) electrons. The number of rotatable bonds is 2. The van der Waals surface area contributed by atoms with Crippen LogP contribution in [0.4, 0.5) is 0 Å². The molecule has 3 rings (SSSR count). The van der Waals surface area contributed by atoms with Crippen LogP contribution < -0.4 is 5.43 Å². The van der Waals surface area contributed by atoms with E-state index < -0.39 is 17.9 Å². The molecule has 0 spiro atoms. The molecule has 2 aromatic rings. The molecule has 1 aliphatic heterocycles. The minimum atomic E-state index is -1.04. The van der Waals surface area contributed by atoms with Crippen LogP contribution in [-0.2, 0) is 4.79 Å². The monoisotopic (exact) mass is 287 g/mol. The number of aliphatic carboxylic acids is 1. The first-order chi connectivity index (χ1) is 10.1. The van der Waals surface area contributed by atoms with E-state index in [1.165, 1.54) is 4.90 Å². The zero-order valence-corrected chi connectivity index (χ0v) is 11.1. The van der Waals surface area contributed by atoms with Gasteiger partial charge in [0.25, 0.3) is 5.91 Å². The second-order valence-corrected chi connectivity index (χ2v) is 4.97. The number of carbonyl (C=O) groups excluding carboxylic acids is 1. The van der Waals surface area contributed by atoms with Crippen LogP contribution in [0.3, 0.4) is 0 Å². The van der Waals surface area contributed by atoms with E-state index in [1.807, 2.05) is 0 Å². The number of hydrogen-bond acceptors (Lipinski definition) is 4. The summed E-state index contributed by atoms with van der Waals surface area (Å²) in [5.74, 6) is -1.71. The van der Waals surface area contributed by atoms with Crippen molar-refractivity contribution >= 4 is 22.8 Å². The highest BCUT2D eigenvalue weighted by Gasteiger charge is 2.35. The first-order valence-electron chi connectivity index (χ1n) is 6.64. The standard InChI is InChI=1S/C15H13NO5/c17-11-8-13(21-12-6-2-1-4-9(11)12)14(18)16-7-3-5-10(16)15(19)20/h1-2,4,6,8,10H,3,5,7H2,(H,19,20)/t10-/m1/s1. The largest absolute Gasteiger partial charge is 0.480 e. The van der Waals surface area contributed by atoms with Gasteiger partial charge < -0.3 is 14.4 Å². The molecule has 1 atom stereocenters. The minimum Gasteiger partial charge on any atom is -0.480 e. The smallest absolute Gasteiger partial charge is 0.326 e. The summed E-state index contributed by atoms with van der Waals surface area (Å²) in [4.78, 5) is 36.8. The molecular weight excluding hydrogens is 274 g/mol. The molecule has 1 N–H and O–H groups in total. The average Bonchev–Trinajstić information content (AvgIpc) is 2.96. The number of para-hydroxylation sites is 1. The van der Waals surface area contributed by atoms with Crippen LogP contribution in [0.25, 0.3) is 11.0 Å². The van der Waals surface area contributed by atoms with Crippen LogP contribution >= 0.6 is 0 Å². The maximum atomic E-state index is 12.4. The molecule has 1 aliphatic rings. The van der Waals surface area contributed by atoms with Crippen LogP contribution in [0.1, 0.15) is 23.4 Å². The van der Waals surface area contributed by atoms with E-state index in [0.29, 0.717) is 30.4 Å². The summed E-state index contributed by atoms with van der Waals surface area (Å²) in [6.07, 6.45) is 1.04. The van der Waals surface area contributed by atoms with Gasteiger partial charge in [-0.2, -0.15) is 0 Å². The Kier molecular flexibility index (Phi) is 3.21. The summed E-state index contributed by atoms with van der Waals surface area (Å²) in [5.41, 5.74) is 0.00527. The van der Waals surface area contributed by atoms with Crippen molar-refractivity contribution in [2.45, 2.75) is 18.9 Å². The Morgan fingerprint density at radius 3 is 2.81 bits per heavy atom. The normalized spacial score (nSPS) is 18.1. The van der Waals surface area contributed by atoms with Gasteiger partial charge in [-0.15, -0.1) is 0 Å². The lowest BCUT2D eigenvalue weighted by molar-refractivity contribution is -0.141. The lowest BCUT2D eigenvalue weighted by Gasteiger charge is -2.20. The second-order valence-electron chi connectivity index (χ2n) is 4.97. The van der Waals surface area contributed by atoms with E-state index in [4.69, 9.17) is 9.52 Å². The highest BCUT2D eigenvalue weighted by molar-refractivity contribution is 5.95. The molecular formula is C15H13NO5. The van der Waals surface area contributed by atoms with Gasteiger partial charge in [-0.25, -0.2) is 4.79 Å². The molecule has 0 bridgehead atoms. The van der Waals surface area contributed by atoms with Crippen molar-refractivity contribution in [2.24, 2.45) is 0 Å². The van der Waals surface area contributed by atoms with E-state index in [-0.39, 0.29) is 11.2 Å². The van der Waals surface area contributed by atoms with Crippen LogP contribution in [-0.4, -0.2) is 34.5 Å². The number of carbonyl (C=O) groups is 2. The Hall–Kier alpha value is -2.63. The van der Waals surface area contributed by atoms with Crippen molar-refractivity contribution < 1.29 is 19.1 Å². The number of carboxylic acid groups (broad SMARTS) is 1. The molecule has 1 amide bonds. The summed E-state index contributed by atoms with van der Waals surface area (Å²) in [7, 11) is 0. The van der Waals surface area contributed by atoms with Crippen molar-refractivity contribution in [1.82, 2.24) is 4.90 Å². The Morgan fingerprint density at radius 2 is 2.05 bits per heavy atom. The zero-order chi connectivity index (χ0) is 15.0. The fourth-order valence-corrected chi connectivity index (χ4v) is 2.62. The van der Waals surface area contributed by atoms with E-state index in [2.05, 4.69) is 0 Å². The topological polar surface area (TPSA) is 87.8 Å². The molecule has 1 fully saturated rings.